The van der Waals surface area contributed by atoms with Gasteiger partial charge >= 0.3 is 0 Å². The van der Waals surface area contributed by atoms with Gasteiger partial charge in [0.15, 0.2) is 0 Å². The molecule has 0 saturated carbocycles. The lowest BCUT2D eigenvalue weighted by atomic mass is 10.2. The van der Waals surface area contributed by atoms with E-state index in [0.717, 1.165) is 57.9 Å². The summed E-state index contributed by atoms with van der Waals surface area (Å²) in [4.78, 5) is 33.2. The van der Waals surface area contributed by atoms with Crippen molar-refractivity contribution >= 4 is 17.4 Å². The topological polar surface area (TPSA) is 82.8 Å². The van der Waals surface area contributed by atoms with Gasteiger partial charge in [0, 0.05) is 45.3 Å². The minimum atomic E-state index is -0.441. The molecular formula is C17H25N5O3. The Bertz CT molecular complexity index is 591. The van der Waals surface area contributed by atoms with Gasteiger partial charge in [0.05, 0.1) is 11.5 Å². The minimum Gasteiger partial charge on any atom is -0.354 e. The molecule has 0 N–H and O–H groups in total. The molecule has 0 radical (unpaired) electrons. The first-order valence-electron chi connectivity index (χ1n) is 8.99. The van der Waals surface area contributed by atoms with Crippen molar-refractivity contribution in [2.24, 2.45) is 0 Å². The molecule has 0 aliphatic carbocycles. The second-order valence-electron chi connectivity index (χ2n) is 6.69. The number of carbonyl (C=O) groups is 1. The van der Waals surface area contributed by atoms with Crippen LogP contribution in [-0.2, 0) is 4.79 Å². The van der Waals surface area contributed by atoms with E-state index in [9.17, 15) is 14.9 Å². The number of pyridine rings is 1. The standard InChI is InChI=1S/C17H25N5O3/c23-17(21-7-3-1-2-4-8-21)14-19-9-11-20(12-10-19)16-6-5-15(13-18-16)22(24)25/h5-6,13H,1-4,7-12,14H2. The predicted molar refractivity (Wildman–Crippen MR) is 94.6 cm³/mol. The summed E-state index contributed by atoms with van der Waals surface area (Å²) in [7, 11) is 0. The number of aromatic nitrogens is 1. The van der Waals surface area contributed by atoms with Gasteiger partial charge in [-0.25, -0.2) is 4.98 Å². The summed E-state index contributed by atoms with van der Waals surface area (Å²) >= 11 is 0. The second kappa shape index (κ2) is 8.24. The molecular weight excluding hydrogens is 322 g/mol. The minimum absolute atomic E-state index is 0.00503. The molecule has 3 rings (SSSR count). The number of anilines is 1. The Morgan fingerprint density at radius 1 is 1.04 bits per heavy atom. The van der Waals surface area contributed by atoms with Crippen molar-refractivity contribution in [2.45, 2.75) is 25.7 Å². The summed E-state index contributed by atoms with van der Waals surface area (Å²) in [5, 5.41) is 10.7. The smallest absolute Gasteiger partial charge is 0.287 e. The molecule has 8 nitrogen and oxygen atoms in total. The van der Waals surface area contributed by atoms with Gasteiger partial charge in [0.2, 0.25) is 5.91 Å². The summed E-state index contributed by atoms with van der Waals surface area (Å²) in [5.41, 5.74) is 0.00503. The summed E-state index contributed by atoms with van der Waals surface area (Å²) in [5.74, 6) is 0.993. The van der Waals surface area contributed by atoms with E-state index in [1.807, 2.05) is 4.90 Å². The van der Waals surface area contributed by atoms with Crippen molar-refractivity contribution < 1.29 is 9.72 Å². The summed E-state index contributed by atoms with van der Waals surface area (Å²) in [6.07, 6.45) is 5.98. The molecule has 1 aromatic rings. The van der Waals surface area contributed by atoms with Crippen molar-refractivity contribution in [1.82, 2.24) is 14.8 Å². The van der Waals surface area contributed by atoms with Crippen LogP contribution in [0.2, 0.25) is 0 Å². The van der Waals surface area contributed by atoms with Gasteiger partial charge < -0.3 is 9.80 Å². The highest BCUT2D eigenvalue weighted by molar-refractivity contribution is 5.78. The largest absolute Gasteiger partial charge is 0.354 e. The first-order chi connectivity index (χ1) is 12.1. The van der Waals surface area contributed by atoms with Crippen LogP contribution in [0.25, 0.3) is 0 Å². The van der Waals surface area contributed by atoms with E-state index in [1.54, 1.807) is 6.07 Å². The van der Waals surface area contributed by atoms with E-state index in [1.165, 1.54) is 25.1 Å². The van der Waals surface area contributed by atoms with Crippen molar-refractivity contribution in [3.05, 3.63) is 28.4 Å². The maximum Gasteiger partial charge on any atom is 0.287 e. The van der Waals surface area contributed by atoms with E-state index in [0.29, 0.717) is 6.54 Å². The number of hydrogen-bond acceptors (Lipinski definition) is 6. The van der Waals surface area contributed by atoms with E-state index >= 15 is 0 Å². The van der Waals surface area contributed by atoms with Gasteiger partial charge in [-0.15, -0.1) is 0 Å². The lowest BCUT2D eigenvalue weighted by molar-refractivity contribution is -0.385. The zero-order valence-electron chi connectivity index (χ0n) is 14.5. The average Bonchev–Trinajstić information content (AvgIpc) is 2.92. The van der Waals surface area contributed by atoms with Gasteiger partial charge in [0.1, 0.15) is 12.0 Å². The second-order valence-corrected chi connectivity index (χ2v) is 6.69. The van der Waals surface area contributed by atoms with Crippen LogP contribution < -0.4 is 4.90 Å². The summed E-state index contributed by atoms with van der Waals surface area (Å²) < 4.78 is 0. The van der Waals surface area contributed by atoms with Crippen LogP contribution in [0.5, 0.6) is 0 Å². The van der Waals surface area contributed by atoms with Gasteiger partial charge in [-0.1, -0.05) is 12.8 Å². The summed E-state index contributed by atoms with van der Waals surface area (Å²) in [6.45, 7) is 5.44. The maximum absolute atomic E-state index is 12.5. The Morgan fingerprint density at radius 2 is 1.72 bits per heavy atom. The Balaban J connectivity index is 1.48. The van der Waals surface area contributed by atoms with E-state index in [2.05, 4.69) is 14.8 Å². The average molecular weight is 347 g/mol. The zero-order valence-corrected chi connectivity index (χ0v) is 14.5. The number of nitrogens with zero attached hydrogens (tertiary/aromatic N) is 5. The normalized spacial score (nSPS) is 19.5. The molecule has 0 atom stereocenters. The number of carbonyl (C=O) groups excluding carboxylic acids is 1. The fourth-order valence-electron chi connectivity index (χ4n) is 3.42. The third-order valence-electron chi connectivity index (χ3n) is 4.96. The van der Waals surface area contributed by atoms with Gasteiger partial charge in [-0.3, -0.25) is 19.8 Å². The lowest BCUT2D eigenvalue weighted by Gasteiger charge is -2.35. The van der Waals surface area contributed by atoms with Gasteiger partial charge in [0.25, 0.3) is 5.69 Å². The van der Waals surface area contributed by atoms with Crippen molar-refractivity contribution in [3.63, 3.8) is 0 Å². The Morgan fingerprint density at radius 3 is 2.28 bits per heavy atom. The molecule has 1 aromatic heterocycles. The van der Waals surface area contributed by atoms with Crippen LogP contribution in [0.4, 0.5) is 11.5 Å². The number of hydrogen-bond donors (Lipinski definition) is 0. The fourth-order valence-corrected chi connectivity index (χ4v) is 3.42. The molecule has 8 heteroatoms. The number of amides is 1. The molecule has 0 aromatic carbocycles. The number of piperazine rings is 1. The Labute approximate surface area is 147 Å². The molecule has 136 valence electrons. The molecule has 25 heavy (non-hydrogen) atoms. The monoisotopic (exact) mass is 347 g/mol. The highest BCUT2D eigenvalue weighted by Gasteiger charge is 2.23. The van der Waals surface area contributed by atoms with Crippen LogP contribution >= 0.6 is 0 Å². The molecule has 0 unspecified atom stereocenters. The first-order valence-corrected chi connectivity index (χ1v) is 8.99. The van der Waals surface area contributed by atoms with Crippen molar-refractivity contribution in [2.75, 3.05) is 50.7 Å². The lowest BCUT2D eigenvalue weighted by Crippen LogP contribution is -2.50. The predicted octanol–water partition coefficient (Wildman–Crippen LogP) is 1.51. The third-order valence-corrected chi connectivity index (χ3v) is 4.96. The highest BCUT2D eigenvalue weighted by atomic mass is 16.6. The number of likely N-dealkylation sites (tertiary alicyclic amines) is 1. The zero-order chi connectivity index (χ0) is 17.6. The Hall–Kier alpha value is -2.22. The van der Waals surface area contributed by atoms with Crippen molar-refractivity contribution in [1.29, 1.82) is 0 Å². The third kappa shape index (κ3) is 4.66. The summed E-state index contributed by atoms with van der Waals surface area (Å²) in [6, 6.07) is 3.17. The molecule has 1 amide bonds. The van der Waals surface area contributed by atoms with Crippen LogP contribution in [0.3, 0.4) is 0 Å². The fraction of sp³-hybridized carbons (Fsp3) is 0.647. The SMILES string of the molecule is O=C(CN1CCN(c2ccc([N+](=O)[O-])cn2)CC1)N1CCCCCC1. The van der Waals surface area contributed by atoms with Crippen LogP contribution in [0, 0.1) is 10.1 Å². The van der Waals surface area contributed by atoms with Crippen LogP contribution in [0.15, 0.2) is 18.3 Å². The quantitative estimate of drug-likeness (QED) is 0.606. The van der Waals surface area contributed by atoms with E-state index < -0.39 is 4.92 Å². The molecule has 2 fully saturated rings. The molecule has 2 aliphatic rings. The van der Waals surface area contributed by atoms with Crippen LogP contribution in [-0.4, -0.2) is 71.4 Å². The first kappa shape index (κ1) is 17.6. The highest BCUT2D eigenvalue weighted by Crippen LogP contribution is 2.17. The molecule has 2 saturated heterocycles. The number of nitro groups is 1. The molecule has 0 bridgehead atoms. The van der Waals surface area contributed by atoms with Gasteiger partial charge in [-0.2, -0.15) is 0 Å². The van der Waals surface area contributed by atoms with Crippen molar-refractivity contribution in [3.8, 4) is 0 Å². The maximum atomic E-state index is 12.5. The molecule has 3 heterocycles. The van der Waals surface area contributed by atoms with E-state index in [-0.39, 0.29) is 11.6 Å². The number of rotatable bonds is 4. The van der Waals surface area contributed by atoms with E-state index in [4.69, 9.17) is 0 Å². The van der Waals surface area contributed by atoms with Gasteiger partial charge in [-0.05, 0) is 18.9 Å². The molecule has 2 aliphatic heterocycles. The van der Waals surface area contributed by atoms with Crippen LogP contribution in [0.1, 0.15) is 25.7 Å². The Kier molecular flexibility index (Phi) is 5.80. The molecule has 0 spiro atoms.